The average molecular weight is 287 g/mol. The highest BCUT2D eigenvalue weighted by atomic mass is 16.5. The van der Waals surface area contributed by atoms with Gasteiger partial charge in [0.25, 0.3) is 0 Å². The average Bonchev–Trinajstić information content (AvgIpc) is 3.10. The Morgan fingerprint density at radius 2 is 2.24 bits per heavy atom. The Balaban J connectivity index is 1.51. The third-order valence-corrected chi connectivity index (χ3v) is 4.81. The molecule has 2 aliphatic rings. The second-order valence-electron chi connectivity index (χ2n) is 6.28. The first-order valence-electron chi connectivity index (χ1n) is 7.77. The Bertz CT molecular complexity index is 597. The molecule has 1 spiro atoms. The molecule has 2 atom stereocenters. The number of nitrogens with zero attached hydrogens (tertiary/aromatic N) is 1. The summed E-state index contributed by atoms with van der Waals surface area (Å²) in [4.78, 5) is 2.34. The lowest BCUT2D eigenvalue weighted by Gasteiger charge is -2.42. The third-order valence-electron chi connectivity index (χ3n) is 4.81. The van der Waals surface area contributed by atoms with E-state index in [9.17, 15) is 5.11 Å². The lowest BCUT2D eigenvalue weighted by atomic mass is 9.87. The maximum absolute atomic E-state index is 10.3. The largest absolute Gasteiger partial charge is 0.460 e. The van der Waals surface area contributed by atoms with Crippen LogP contribution in [-0.4, -0.2) is 41.4 Å². The molecule has 2 saturated heterocycles. The summed E-state index contributed by atoms with van der Waals surface area (Å²) in [7, 11) is 0. The van der Waals surface area contributed by atoms with Crippen molar-refractivity contribution in [3.63, 3.8) is 0 Å². The molecule has 0 unspecified atom stereocenters. The Kier molecular flexibility index (Phi) is 3.25. The monoisotopic (exact) mass is 287 g/mol. The van der Waals surface area contributed by atoms with Crippen LogP contribution in [0.3, 0.4) is 0 Å². The van der Waals surface area contributed by atoms with Crippen molar-refractivity contribution < 1.29 is 14.3 Å². The summed E-state index contributed by atoms with van der Waals surface area (Å²) in [5.41, 5.74) is 0.598. The maximum Gasteiger partial charge on any atom is 0.134 e. The van der Waals surface area contributed by atoms with Crippen LogP contribution in [0.25, 0.3) is 11.0 Å². The van der Waals surface area contributed by atoms with Crippen LogP contribution in [0.2, 0.25) is 0 Å². The van der Waals surface area contributed by atoms with Gasteiger partial charge < -0.3 is 14.3 Å². The van der Waals surface area contributed by atoms with Crippen molar-refractivity contribution in [3.05, 3.63) is 36.1 Å². The van der Waals surface area contributed by atoms with Gasteiger partial charge in [0.1, 0.15) is 16.9 Å². The van der Waals surface area contributed by atoms with Gasteiger partial charge in [-0.05, 0) is 31.4 Å². The number of furan rings is 1. The second kappa shape index (κ2) is 5.13. The van der Waals surface area contributed by atoms with E-state index in [1.54, 1.807) is 0 Å². The van der Waals surface area contributed by atoms with E-state index in [1.807, 2.05) is 18.2 Å². The number of likely N-dealkylation sites (tertiary alicyclic amines) is 1. The quantitative estimate of drug-likeness (QED) is 0.922. The first kappa shape index (κ1) is 13.3. The minimum Gasteiger partial charge on any atom is -0.460 e. The van der Waals surface area contributed by atoms with Gasteiger partial charge in [0.15, 0.2) is 0 Å². The van der Waals surface area contributed by atoms with Crippen LogP contribution in [0, 0.1) is 0 Å². The zero-order valence-electron chi connectivity index (χ0n) is 12.1. The summed E-state index contributed by atoms with van der Waals surface area (Å²) in [6, 6.07) is 10.2. The molecular formula is C17H21NO3. The van der Waals surface area contributed by atoms with Gasteiger partial charge in [-0.25, -0.2) is 0 Å². The number of hydrogen-bond acceptors (Lipinski definition) is 4. The number of para-hydroxylation sites is 1. The number of fused-ring (bicyclic) bond motifs is 1. The van der Waals surface area contributed by atoms with E-state index in [1.165, 1.54) is 0 Å². The van der Waals surface area contributed by atoms with Crippen LogP contribution in [0.1, 0.15) is 25.0 Å². The maximum atomic E-state index is 10.3. The number of ether oxygens (including phenoxy) is 1. The summed E-state index contributed by atoms with van der Waals surface area (Å²) < 4.78 is 11.8. The summed E-state index contributed by atoms with van der Waals surface area (Å²) in [5.74, 6) is 0.987. The van der Waals surface area contributed by atoms with Gasteiger partial charge in [-0.15, -0.1) is 0 Å². The highest BCUT2D eigenvalue weighted by Crippen LogP contribution is 2.35. The molecule has 21 heavy (non-hydrogen) atoms. The minimum absolute atomic E-state index is 0.327. The molecule has 2 aromatic rings. The molecule has 1 aromatic heterocycles. The molecule has 4 heteroatoms. The van der Waals surface area contributed by atoms with E-state index in [-0.39, 0.29) is 11.7 Å². The fraction of sp³-hybridized carbons (Fsp3) is 0.529. The van der Waals surface area contributed by atoms with Gasteiger partial charge in [0.05, 0.1) is 12.6 Å². The standard InChI is InChI=1S/C17H21NO3/c19-16-6-8-18(12-17(16)7-3-9-20-17)11-14-10-13-4-1-2-5-15(13)21-14/h1-2,4-5,10,16,19H,3,6-9,11-12H2/t16-,17-/m0/s1. The predicted molar refractivity (Wildman–Crippen MR) is 80.0 cm³/mol. The third kappa shape index (κ3) is 2.37. The first-order valence-corrected chi connectivity index (χ1v) is 7.77. The molecule has 2 fully saturated rings. The molecule has 4 nitrogen and oxygen atoms in total. The Hall–Kier alpha value is -1.36. The zero-order chi connectivity index (χ0) is 14.3. The Morgan fingerprint density at radius 1 is 1.33 bits per heavy atom. The van der Waals surface area contributed by atoms with Gasteiger partial charge >= 0.3 is 0 Å². The van der Waals surface area contributed by atoms with Gasteiger partial charge in [0, 0.05) is 25.1 Å². The number of benzene rings is 1. The molecule has 112 valence electrons. The van der Waals surface area contributed by atoms with Crippen LogP contribution in [-0.2, 0) is 11.3 Å². The highest BCUT2D eigenvalue weighted by molar-refractivity contribution is 5.77. The fourth-order valence-electron chi connectivity index (χ4n) is 3.71. The second-order valence-corrected chi connectivity index (χ2v) is 6.28. The molecule has 0 saturated carbocycles. The van der Waals surface area contributed by atoms with E-state index < -0.39 is 0 Å². The summed E-state index contributed by atoms with van der Waals surface area (Å²) in [6.07, 6.45) is 2.47. The molecule has 0 bridgehead atoms. The predicted octanol–water partition coefficient (Wildman–Crippen LogP) is 2.55. The van der Waals surface area contributed by atoms with Crippen molar-refractivity contribution in [1.82, 2.24) is 4.90 Å². The van der Waals surface area contributed by atoms with E-state index in [4.69, 9.17) is 9.15 Å². The van der Waals surface area contributed by atoms with Crippen LogP contribution in [0.15, 0.2) is 34.7 Å². The van der Waals surface area contributed by atoms with Crippen molar-refractivity contribution in [3.8, 4) is 0 Å². The number of rotatable bonds is 2. The van der Waals surface area contributed by atoms with Crippen LogP contribution >= 0.6 is 0 Å². The summed E-state index contributed by atoms with van der Waals surface area (Å²) in [6.45, 7) is 3.25. The van der Waals surface area contributed by atoms with Crippen molar-refractivity contribution in [2.75, 3.05) is 19.7 Å². The number of piperidine rings is 1. The lowest BCUT2D eigenvalue weighted by Crippen LogP contribution is -2.56. The first-order chi connectivity index (χ1) is 10.3. The van der Waals surface area contributed by atoms with E-state index >= 15 is 0 Å². The zero-order valence-corrected chi connectivity index (χ0v) is 12.1. The molecular weight excluding hydrogens is 266 g/mol. The summed E-state index contributed by atoms with van der Waals surface area (Å²) in [5, 5.41) is 11.4. The topological polar surface area (TPSA) is 45.8 Å². The number of hydrogen-bond donors (Lipinski definition) is 1. The van der Waals surface area contributed by atoms with E-state index in [0.29, 0.717) is 0 Å². The molecule has 1 aromatic carbocycles. The molecule has 3 heterocycles. The van der Waals surface area contributed by atoms with Crippen molar-refractivity contribution >= 4 is 11.0 Å². The highest BCUT2D eigenvalue weighted by Gasteiger charge is 2.46. The molecule has 0 aliphatic carbocycles. The molecule has 4 rings (SSSR count). The van der Waals surface area contributed by atoms with Gasteiger partial charge in [0.2, 0.25) is 0 Å². The van der Waals surface area contributed by atoms with Gasteiger partial charge in [-0.3, -0.25) is 4.90 Å². The van der Waals surface area contributed by atoms with Crippen molar-refractivity contribution in [2.45, 2.75) is 37.5 Å². The van der Waals surface area contributed by atoms with Crippen molar-refractivity contribution in [1.29, 1.82) is 0 Å². The Morgan fingerprint density at radius 3 is 3.05 bits per heavy atom. The Labute approximate surface area is 124 Å². The van der Waals surface area contributed by atoms with Crippen LogP contribution in [0.5, 0.6) is 0 Å². The van der Waals surface area contributed by atoms with Crippen molar-refractivity contribution in [2.24, 2.45) is 0 Å². The smallest absolute Gasteiger partial charge is 0.134 e. The SMILES string of the molecule is O[C@H]1CCN(Cc2cc3ccccc3o2)C[C@@]12CCCO2. The summed E-state index contributed by atoms with van der Waals surface area (Å²) >= 11 is 0. The molecule has 2 aliphatic heterocycles. The molecule has 0 amide bonds. The van der Waals surface area contributed by atoms with Gasteiger partial charge in [-0.1, -0.05) is 18.2 Å². The minimum atomic E-state index is -0.343. The van der Waals surface area contributed by atoms with E-state index in [2.05, 4.69) is 17.0 Å². The number of aliphatic hydroxyl groups excluding tert-OH is 1. The molecule has 0 radical (unpaired) electrons. The molecule has 1 N–H and O–H groups in total. The fourth-order valence-corrected chi connectivity index (χ4v) is 3.71. The normalized spacial score (nSPS) is 30.4. The van der Waals surface area contributed by atoms with Crippen LogP contribution in [0.4, 0.5) is 0 Å². The van der Waals surface area contributed by atoms with Crippen LogP contribution < -0.4 is 0 Å². The number of aliphatic hydroxyl groups is 1. The lowest BCUT2D eigenvalue weighted by molar-refractivity contribution is -0.133. The van der Waals surface area contributed by atoms with Gasteiger partial charge in [-0.2, -0.15) is 0 Å². The van der Waals surface area contributed by atoms with E-state index in [0.717, 1.165) is 62.2 Å².